The van der Waals surface area contributed by atoms with Crippen molar-refractivity contribution in [2.45, 2.75) is 31.0 Å². The molecule has 0 bridgehead atoms. The molecule has 0 fully saturated rings. The first kappa shape index (κ1) is 11.8. The van der Waals surface area contributed by atoms with E-state index in [0.717, 1.165) is 0 Å². The van der Waals surface area contributed by atoms with Crippen molar-refractivity contribution in [3.05, 3.63) is 30.3 Å². The van der Waals surface area contributed by atoms with E-state index in [2.05, 4.69) is 31.2 Å². The van der Waals surface area contributed by atoms with E-state index < -0.39 is 0 Å². The SMILES string of the molecule is CCCCC(CO)[Se]c1ccccc1. The molecule has 0 aromatic heterocycles. The Balaban J connectivity index is 2.40. The third-order valence-electron chi connectivity index (χ3n) is 2.13. The molecule has 0 spiro atoms. The fraction of sp³-hybridized carbons (Fsp3) is 0.500. The number of rotatable bonds is 6. The quantitative estimate of drug-likeness (QED) is 0.773. The van der Waals surface area contributed by atoms with Crippen LogP contribution in [0.15, 0.2) is 30.3 Å². The predicted molar refractivity (Wildman–Crippen MR) is 62.2 cm³/mol. The normalized spacial score (nSPS) is 12.7. The Morgan fingerprint density at radius 2 is 2.00 bits per heavy atom. The molecule has 0 aliphatic rings. The van der Waals surface area contributed by atoms with Gasteiger partial charge in [0.15, 0.2) is 0 Å². The van der Waals surface area contributed by atoms with Gasteiger partial charge in [0.05, 0.1) is 0 Å². The molecule has 2 heteroatoms. The van der Waals surface area contributed by atoms with E-state index >= 15 is 0 Å². The second-order valence-corrected chi connectivity index (χ2v) is 6.26. The summed E-state index contributed by atoms with van der Waals surface area (Å²) in [5.41, 5.74) is 0. The van der Waals surface area contributed by atoms with Crippen LogP contribution < -0.4 is 4.46 Å². The fourth-order valence-electron chi connectivity index (χ4n) is 1.31. The van der Waals surface area contributed by atoms with Gasteiger partial charge in [-0.3, -0.25) is 0 Å². The fourth-order valence-corrected chi connectivity index (χ4v) is 3.53. The number of aliphatic hydroxyl groups excluding tert-OH is 1. The second kappa shape index (κ2) is 7.05. The van der Waals surface area contributed by atoms with E-state index in [9.17, 15) is 5.11 Å². The average molecular weight is 257 g/mol. The van der Waals surface area contributed by atoms with Crippen molar-refractivity contribution >= 4 is 19.4 Å². The first-order valence-corrected chi connectivity index (χ1v) is 7.04. The minimum atomic E-state index is 0.342. The van der Waals surface area contributed by atoms with Crippen LogP contribution in [0.25, 0.3) is 0 Å². The van der Waals surface area contributed by atoms with Crippen molar-refractivity contribution in [1.82, 2.24) is 0 Å². The molecular formula is C12H18OSe. The van der Waals surface area contributed by atoms with Crippen molar-refractivity contribution in [2.75, 3.05) is 6.61 Å². The molecule has 14 heavy (non-hydrogen) atoms. The molecule has 0 saturated heterocycles. The predicted octanol–water partition coefficient (Wildman–Crippen LogP) is 1.99. The minimum absolute atomic E-state index is 0.342. The van der Waals surface area contributed by atoms with E-state index in [1.807, 2.05) is 6.07 Å². The van der Waals surface area contributed by atoms with Gasteiger partial charge in [0.1, 0.15) is 0 Å². The van der Waals surface area contributed by atoms with Crippen LogP contribution in [0.3, 0.4) is 0 Å². The molecule has 78 valence electrons. The van der Waals surface area contributed by atoms with Gasteiger partial charge < -0.3 is 0 Å². The summed E-state index contributed by atoms with van der Waals surface area (Å²) in [6.07, 6.45) is 3.63. The van der Waals surface area contributed by atoms with Gasteiger partial charge in [-0.1, -0.05) is 0 Å². The summed E-state index contributed by atoms with van der Waals surface area (Å²) in [5.74, 6) is 0. The Labute approximate surface area is 92.7 Å². The number of aliphatic hydroxyl groups is 1. The van der Waals surface area contributed by atoms with E-state index in [0.29, 0.717) is 26.4 Å². The maximum atomic E-state index is 9.23. The van der Waals surface area contributed by atoms with Crippen LogP contribution in [-0.2, 0) is 0 Å². The zero-order valence-electron chi connectivity index (χ0n) is 8.65. The standard InChI is InChI=1S/C12H18OSe/c1-2-3-7-12(10-13)14-11-8-5-4-6-9-11/h4-6,8-9,12-13H,2-3,7,10H2,1H3. The zero-order chi connectivity index (χ0) is 10.2. The van der Waals surface area contributed by atoms with E-state index in [-0.39, 0.29) is 0 Å². The van der Waals surface area contributed by atoms with Gasteiger partial charge in [0.2, 0.25) is 0 Å². The molecular weight excluding hydrogens is 239 g/mol. The van der Waals surface area contributed by atoms with E-state index in [4.69, 9.17) is 0 Å². The van der Waals surface area contributed by atoms with Crippen molar-refractivity contribution in [2.24, 2.45) is 0 Å². The summed E-state index contributed by atoms with van der Waals surface area (Å²) in [4.78, 5) is 0.504. The van der Waals surface area contributed by atoms with Crippen molar-refractivity contribution in [3.63, 3.8) is 0 Å². The molecule has 1 unspecified atom stereocenters. The van der Waals surface area contributed by atoms with Crippen molar-refractivity contribution < 1.29 is 5.11 Å². The molecule has 1 rings (SSSR count). The van der Waals surface area contributed by atoms with Gasteiger partial charge in [0.25, 0.3) is 0 Å². The average Bonchev–Trinajstić information content (AvgIpc) is 2.25. The Kier molecular flexibility index (Phi) is 5.93. The molecule has 0 saturated carbocycles. The summed E-state index contributed by atoms with van der Waals surface area (Å²) in [6.45, 7) is 2.54. The molecule has 1 aromatic carbocycles. The topological polar surface area (TPSA) is 20.2 Å². The number of unbranched alkanes of at least 4 members (excludes halogenated alkanes) is 1. The summed E-state index contributed by atoms with van der Waals surface area (Å²) >= 11 is 0.436. The van der Waals surface area contributed by atoms with Gasteiger partial charge in [0, 0.05) is 0 Å². The van der Waals surface area contributed by atoms with Gasteiger partial charge in [-0.05, 0) is 0 Å². The first-order chi connectivity index (χ1) is 6.86. The molecule has 1 N–H and O–H groups in total. The Morgan fingerprint density at radius 3 is 2.57 bits per heavy atom. The van der Waals surface area contributed by atoms with E-state index in [1.54, 1.807) is 0 Å². The molecule has 0 heterocycles. The summed E-state index contributed by atoms with van der Waals surface area (Å²) < 4.78 is 1.40. The van der Waals surface area contributed by atoms with Crippen LogP contribution >= 0.6 is 0 Å². The molecule has 1 atom stereocenters. The monoisotopic (exact) mass is 258 g/mol. The van der Waals surface area contributed by atoms with Gasteiger partial charge >= 0.3 is 92.5 Å². The van der Waals surface area contributed by atoms with Crippen LogP contribution in [0.1, 0.15) is 26.2 Å². The maximum absolute atomic E-state index is 9.23. The third-order valence-corrected chi connectivity index (χ3v) is 4.78. The number of benzene rings is 1. The van der Waals surface area contributed by atoms with Crippen LogP contribution in [0.5, 0.6) is 0 Å². The van der Waals surface area contributed by atoms with Crippen LogP contribution in [0, 0.1) is 0 Å². The molecule has 0 radical (unpaired) electrons. The Hall–Kier alpha value is -0.301. The molecule has 0 amide bonds. The third kappa shape index (κ3) is 4.28. The van der Waals surface area contributed by atoms with Gasteiger partial charge in [-0.2, -0.15) is 0 Å². The molecule has 0 aliphatic heterocycles. The zero-order valence-corrected chi connectivity index (χ0v) is 10.4. The molecule has 1 aromatic rings. The van der Waals surface area contributed by atoms with Crippen molar-refractivity contribution in [1.29, 1.82) is 0 Å². The van der Waals surface area contributed by atoms with Gasteiger partial charge in [-0.15, -0.1) is 0 Å². The Morgan fingerprint density at radius 1 is 1.29 bits per heavy atom. The summed E-state index contributed by atoms with van der Waals surface area (Å²) in [7, 11) is 0. The number of hydrogen-bond acceptors (Lipinski definition) is 1. The number of hydrogen-bond donors (Lipinski definition) is 1. The van der Waals surface area contributed by atoms with Crippen LogP contribution in [-0.4, -0.2) is 26.7 Å². The summed E-state index contributed by atoms with van der Waals surface area (Å²) in [5, 5.41) is 9.23. The van der Waals surface area contributed by atoms with Gasteiger partial charge in [-0.25, -0.2) is 0 Å². The van der Waals surface area contributed by atoms with Crippen LogP contribution in [0.2, 0.25) is 4.82 Å². The van der Waals surface area contributed by atoms with Crippen LogP contribution in [0.4, 0.5) is 0 Å². The van der Waals surface area contributed by atoms with Crippen molar-refractivity contribution in [3.8, 4) is 0 Å². The Bertz CT molecular complexity index is 235. The second-order valence-electron chi connectivity index (χ2n) is 3.38. The molecule has 0 aliphatic carbocycles. The first-order valence-electron chi connectivity index (χ1n) is 5.19. The van der Waals surface area contributed by atoms with E-state index in [1.165, 1.54) is 23.7 Å². The summed E-state index contributed by atoms with van der Waals surface area (Å²) in [6, 6.07) is 10.5. The molecule has 1 nitrogen and oxygen atoms in total.